The maximum Gasteiger partial charge on any atom is 0.0739 e. The molecule has 0 aromatic heterocycles. The van der Waals surface area contributed by atoms with Gasteiger partial charge >= 0.3 is 0 Å². The Kier molecular flexibility index (Phi) is 4.19. The third-order valence-electron chi connectivity index (χ3n) is 3.92. The Labute approximate surface area is 98.2 Å². The van der Waals surface area contributed by atoms with Crippen molar-refractivity contribution in [1.29, 1.82) is 0 Å². The average molecular weight is 228 g/mol. The van der Waals surface area contributed by atoms with Crippen LogP contribution in [-0.2, 0) is 4.74 Å². The fraction of sp³-hybridized carbons (Fsp3) is 1.00. The predicted octanol–water partition coefficient (Wildman–Crippen LogP) is 0.162. The van der Waals surface area contributed by atoms with E-state index >= 15 is 0 Å². The third kappa shape index (κ3) is 2.74. The van der Waals surface area contributed by atoms with E-state index in [0.717, 1.165) is 19.5 Å². The van der Waals surface area contributed by atoms with Gasteiger partial charge in [0.25, 0.3) is 0 Å². The summed E-state index contributed by atoms with van der Waals surface area (Å²) in [4.78, 5) is 4.71. The van der Waals surface area contributed by atoms with Gasteiger partial charge in [0.05, 0.1) is 18.8 Å². The lowest BCUT2D eigenvalue weighted by Gasteiger charge is -2.43. The van der Waals surface area contributed by atoms with Gasteiger partial charge < -0.3 is 14.7 Å². The minimum Gasteiger partial charge on any atom is -0.391 e. The molecule has 2 heterocycles. The Morgan fingerprint density at radius 2 is 2.12 bits per heavy atom. The minimum absolute atomic E-state index is 0.199. The lowest BCUT2D eigenvalue weighted by atomic mass is 9.98. The number of piperidine rings is 1. The SMILES string of the molecule is CN(C)C1CCCN(C2COCCC2O)C1. The van der Waals surface area contributed by atoms with Gasteiger partial charge in [-0.25, -0.2) is 0 Å². The molecular formula is C12H24N2O2. The molecule has 0 spiro atoms. The summed E-state index contributed by atoms with van der Waals surface area (Å²) in [6, 6.07) is 0.847. The second-order valence-electron chi connectivity index (χ2n) is 5.25. The minimum atomic E-state index is -0.199. The van der Waals surface area contributed by atoms with Crippen LogP contribution < -0.4 is 0 Å². The summed E-state index contributed by atoms with van der Waals surface area (Å²) >= 11 is 0. The van der Waals surface area contributed by atoms with Crippen LogP contribution >= 0.6 is 0 Å². The van der Waals surface area contributed by atoms with Gasteiger partial charge in [-0.05, 0) is 39.9 Å². The van der Waals surface area contributed by atoms with Crippen LogP contribution in [0.4, 0.5) is 0 Å². The molecular weight excluding hydrogens is 204 g/mol. The molecule has 0 saturated carbocycles. The van der Waals surface area contributed by atoms with Gasteiger partial charge in [0, 0.05) is 19.2 Å². The van der Waals surface area contributed by atoms with Crippen molar-refractivity contribution in [2.45, 2.75) is 37.5 Å². The molecule has 0 bridgehead atoms. The van der Waals surface area contributed by atoms with Crippen LogP contribution in [0, 0.1) is 0 Å². The number of ether oxygens (including phenoxy) is 1. The predicted molar refractivity (Wildman–Crippen MR) is 63.5 cm³/mol. The molecule has 0 aliphatic carbocycles. The van der Waals surface area contributed by atoms with Crippen LogP contribution in [0.2, 0.25) is 0 Å². The van der Waals surface area contributed by atoms with E-state index < -0.39 is 0 Å². The van der Waals surface area contributed by atoms with Crippen LogP contribution in [0.1, 0.15) is 19.3 Å². The summed E-state index contributed by atoms with van der Waals surface area (Å²) in [5.41, 5.74) is 0. The lowest BCUT2D eigenvalue weighted by Crippen LogP contribution is -2.55. The van der Waals surface area contributed by atoms with Gasteiger partial charge in [-0.3, -0.25) is 4.90 Å². The molecule has 4 heteroatoms. The molecule has 4 nitrogen and oxygen atoms in total. The first-order valence-electron chi connectivity index (χ1n) is 6.35. The summed E-state index contributed by atoms with van der Waals surface area (Å²) in [7, 11) is 4.28. The van der Waals surface area contributed by atoms with E-state index in [-0.39, 0.29) is 12.1 Å². The van der Waals surface area contributed by atoms with Crippen molar-refractivity contribution in [1.82, 2.24) is 9.80 Å². The zero-order valence-corrected chi connectivity index (χ0v) is 10.4. The van der Waals surface area contributed by atoms with Gasteiger partial charge in [-0.1, -0.05) is 0 Å². The lowest BCUT2D eigenvalue weighted by molar-refractivity contribution is -0.0723. The number of rotatable bonds is 2. The average Bonchev–Trinajstić information content (AvgIpc) is 2.30. The maximum absolute atomic E-state index is 10.0. The van der Waals surface area contributed by atoms with Crippen LogP contribution in [0.3, 0.4) is 0 Å². The Morgan fingerprint density at radius 3 is 2.81 bits per heavy atom. The Balaban J connectivity index is 1.92. The van der Waals surface area contributed by atoms with E-state index in [1.54, 1.807) is 0 Å². The molecule has 0 radical (unpaired) electrons. The topological polar surface area (TPSA) is 35.9 Å². The molecule has 16 heavy (non-hydrogen) atoms. The highest BCUT2D eigenvalue weighted by Gasteiger charge is 2.32. The van der Waals surface area contributed by atoms with E-state index in [1.807, 2.05) is 0 Å². The van der Waals surface area contributed by atoms with Crippen molar-refractivity contribution < 1.29 is 9.84 Å². The van der Waals surface area contributed by atoms with E-state index in [9.17, 15) is 5.11 Å². The number of nitrogens with zero attached hydrogens (tertiary/aromatic N) is 2. The van der Waals surface area contributed by atoms with Crippen molar-refractivity contribution in [3.63, 3.8) is 0 Å². The molecule has 0 amide bonds. The molecule has 1 N–H and O–H groups in total. The van der Waals surface area contributed by atoms with E-state index in [0.29, 0.717) is 19.3 Å². The van der Waals surface area contributed by atoms with Gasteiger partial charge in [0.15, 0.2) is 0 Å². The first-order valence-corrected chi connectivity index (χ1v) is 6.35. The molecule has 0 aromatic rings. The third-order valence-corrected chi connectivity index (χ3v) is 3.92. The van der Waals surface area contributed by atoms with Gasteiger partial charge in [-0.15, -0.1) is 0 Å². The summed E-state index contributed by atoms with van der Waals surface area (Å²) in [5.74, 6) is 0. The fourth-order valence-electron chi connectivity index (χ4n) is 2.77. The van der Waals surface area contributed by atoms with Crippen molar-refractivity contribution >= 4 is 0 Å². The summed E-state index contributed by atoms with van der Waals surface area (Å²) < 4.78 is 5.49. The molecule has 2 aliphatic heterocycles. The van der Waals surface area contributed by atoms with Crippen molar-refractivity contribution in [3.8, 4) is 0 Å². The van der Waals surface area contributed by atoms with Crippen molar-refractivity contribution in [2.24, 2.45) is 0 Å². The molecule has 3 atom stereocenters. The maximum atomic E-state index is 10.0. The quantitative estimate of drug-likeness (QED) is 0.730. The molecule has 94 valence electrons. The van der Waals surface area contributed by atoms with Crippen LogP contribution in [0.5, 0.6) is 0 Å². The largest absolute Gasteiger partial charge is 0.391 e. The molecule has 2 saturated heterocycles. The van der Waals surface area contributed by atoms with Gasteiger partial charge in [0.1, 0.15) is 0 Å². The fourth-order valence-corrected chi connectivity index (χ4v) is 2.77. The first-order chi connectivity index (χ1) is 7.68. The number of likely N-dealkylation sites (N-methyl/N-ethyl adjacent to an activating group) is 1. The Morgan fingerprint density at radius 1 is 1.31 bits per heavy atom. The van der Waals surface area contributed by atoms with E-state index in [2.05, 4.69) is 23.9 Å². The normalized spacial score (nSPS) is 37.9. The zero-order chi connectivity index (χ0) is 11.5. The number of hydrogen-bond acceptors (Lipinski definition) is 4. The number of likely N-dealkylation sites (tertiary alicyclic amines) is 1. The second kappa shape index (κ2) is 5.45. The molecule has 0 aromatic carbocycles. The Hall–Kier alpha value is -0.160. The number of hydrogen-bond donors (Lipinski definition) is 1. The smallest absolute Gasteiger partial charge is 0.0739 e. The highest BCUT2D eigenvalue weighted by atomic mass is 16.5. The van der Waals surface area contributed by atoms with Gasteiger partial charge in [0.2, 0.25) is 0 Å². The molecule has 3 unspecified atom stereocenters. The highest BCUT2D eigenvalue weighted by molar-refractivity contribution is 4.87. The van der Waals surface area contributed by atoms with Crippen molar-refractivity contribution in [3.05, 3.63) is 0 Å². The van der Waals surface area contributed by atoms with E-state index in [1.165, 1.54) is 12.8 Å². The van der Waals surface area contributed by atoms with Crippen LogP contribution in [0.25, 0.3) is 0 Å². The molecule has 2 aliphatic rings. The molecule has 2 rings (SSSR count). The highest BCUT2D eigenvalue weighted by Crippen LogP contribution is 2.21. The van der Waals surface area contributed by atoms with Crippen molar-refractivity contribution in [2.75, 3.05) is 40.4 Å². The second-order valence-corrected chi connectivity index (χ2v) is 5.25. The summed E-state index contributed by atoms with van der Waals surface area (Å²) in [5, 5.41) is 10.0. The Bertz CT molecular complexity index is 223. The number of aliphatic hydroxyl groups is 1. The molecule has 2 fully saturated rings. The first kappa shape index (κ1) is 12.3. The van der Waals surface area contributed by atoms with E-state index in [4.69, 9.17) is 4.74 Å². The van der Waals surface area contributed by atoms with Gasteiger partial charge in [-0.2, -0.15) is 0 Å². The standard InChI is InChI=1S/C12H24N2O2/c1-13(2)10-4-3-6-14(8-10)11-9-16-7-5-12(11)15/h10-12,15H,3-9H2,1-2H3. The van der Waals surface area contributed by atoms with Crippen LogP contribution in [-0.4, -0.2) is 73.5 Å². The monoisotopic (exact) mass is 228 g/mol. The number of aliphatic hydroxyl groups excluding tert-OH is 1. The summed E-state index contributed by atoms with van der Waals surface area (Å²) in [6.45, 7) is 3.58. The zero-order valence-electron chi connectivity index (χ0n) is 10.4. The summed E-state index contributed by atoms with van der Waals surface area (Å²) in [6.07, 6.45) is 3.09. The van der Waals surface area contributed by atoms with Crippen LogP contribution in [0.15, 0.2) is 0 Å².